The van der Waals surface area contributed by atoms with Gasteiger partial charge in [-0.1, -0.05) is 13.3 Å². The van der Waals surface area contributed by atoms with Gasteiger partial charge in [0.15, 0.2) is 0 Å². The summed E-state index contributed by atoms with van der Waals surface area (Å²) in [6.45, 7) is 2.40. The van der Waals surface area contributed by atoms with Crippen molar-refractivity contribution in [2.24, 2.45) is 0 Å². The van der Waals surface area contributed by atoms with Crippen molar-refractivity contribution in [1.82, 2.24) is 0 Å². The average Bonchev–Trinajstić information content (AvgIpc) is 1.41. The summed E-state index contributed by atoms with van der Waals surface area (Å²) in [5, 5.41) is 8.07. The van der Waals surface area contributed by atoms with Gasteiger partial charge in [0, 0.05) is 6.61 Å². The first-order chi connectivity index (χ1) is 2.41. The van der Waals surface area contributed by atoms with Gasteiger partial charge in [-0.15, -0.1) is 12.4 Å². The van der Waals surface area contributed by atoms with Gasteiger partial charge in [-0.2, -0.15) is 0 Å². The first kappa shape index (κ1) is 22.5. The summed E-state index contributed by atoms with van der Waals surface area (Å²) >= 11 is 0. The van der Waals surface area contributed by atoms with Gasteiger partial charge in [0.1, 0.15) is 0 Å². The summed E-state index contributed by atoms with van der Waals surface area (Å²) in [6.07, 6.45) is 2.04. The molecule has 1 N–H and O–H groups in total. The van der Waals surface area contributed by atoms with E-state index >= 15 is 0 Å². The summed E-state index contributed by atoms with van der Waals surface area (Å²) in [5.41, 5.74) is 0. The van der Waals surface area contributed by atoms with Crippen LogP contribution in [0, 0.1) is 0 Å². The van der Waals surface area contributed by atoms with Crippen molar-refractivity contribution < 1.29 is 5.11 Å². The SMILES string of the molecule is CCCCO.Cl.[NaH].[NaH]. The predicted molar refractivity (Wildman–Crippen MR) is 43.5 cm³/mol. The fraction of sp³-hybridized carbons (Fsp3) is 1.00. The predicted octanol–water partition coefficient (Wildman–Crippen LogP) is -0.0964. The molecule has 0 bridgehead atoms. The summed E-state index contributed by atoms with van der Waals surface area (Å²) in [6, 6.07) is 0. The van der Waals surface area contributed by atoms with Crippen molar-refractivity contribution >= 4 is 71.5 Å². The Bertz CT molecular complexity index is 21.5. The minimum atomic E-state index is 0. The standard InChI is InChI=1S/C4H10O.ClH.2Na.2H/c1-2-3-4-5;;;;;/h5H,2-4H2,1H3;1H;;;;. The number of halogens is 1. The molecule has 0 rings (SSSR count). The van der Waals surface area contributed by atoms with E-state index in [-0.39, 0.29) is 71.5 Å². The quantitative estimate of drug-likeness (QED) is 0.557. The number of aliphatic hydroxyl groups is 1. The van der Waals surface area contributed by atoms with Crippen LogP contribution in [0.2, 0.25) is 0 Å². The summed E-state index contributed by atoms with van der Waals surface area (Å²) in [7, 11) is 0. The fourth-order valence-electron chi connectivity index (χ4n) is 0.158. The van der Waals surface area contributed by atoms with E-state index in [9.17, 15) is 0 Å². The van der Waals surface area contributed by atoms with Crippen LogP contribution in [0.1, 0.15) is 19.8 Å². The van der Waals surface area contributed by atoms with Gasteiger partial charge in [0.25, 0.3) is 0 Å². The summed E-state index contributed by atoms with van der Waals surface area (Å²) < 4.78 is 0. The van der Waals surface area contributed by atoms with E-state index in [0.717, 1.165) is 12.8 Å². The van der Waals surface area contributed by atoms with Gasteiger partial charge in [-0.25, -0.2) is 0 Å². The van der Waals surface area contributed by atoms with Crippen LogP contribution in [-0.2, 0) is 0 Å². The molecule has 0 spiro atoms. The van der Waals surface area contributed by atoms with Crippen LogP contribution < -0.4 is 0 Å². The van der Waals surface area contributed by atoms with Crippen LogP contribution in [0.15, 0.2) is 0 Å². The molecule has 0 aromatic carbocycles. The molecule has 0 aliphatic heterocycles. The Kier molecular flexibility index (Phi) is 64.1. The van der Waals surface area contributed by atoms with Crippen molar-refractivity contribution in [3.05, 3.63) is 0 Å². The molecule has 0 aliphatic carbocycles. The number of hydrogen-bond acceptors (Lipinski definition) is 1. The van der Waals surface area contributed by atoms with Crippen LogP contribution >= 0.6 is 12.4 Å². The Morgan fingerprint density at radius 1 is 1.25 bits per heavy atom. The first-order valence-electron chi connectivity index (χ1n) is 2.02. The molecule has 0 radical (unpaired) electrons. The number of aliphatic hydroxyl groups excluding tert-OH is 1. The minimum absolute atomic E-state index is 0. The van der Waals surface area contributed by atoms with Crippen LogP contribution in [0.4, 0.5) is 0 Å². The molecule has 0 aromatic heterocycles. The Morgan fingerprint density at radius 2 is 1.62 bits per heavy atom. The zero-order chi connectivity index (χ0) is 4.12. The molecule has 1 nitrogen and oxygen atoms in total. The zero-order valence-electron chi connectivity index (χ0n) is 3.98. The molecule has 0 atom stereocenters. The van der Waals surface area contributed by atoms with Gasteiger partial charge in [0.05, 0.1) is 0 Å². The number of rotatable bonds is 2. The molecular formula is C4H13ClNa2O. The van der Waals surface area contributed by atoms with Gasteiger partial charge < -0.3 is 5.11 Å². The second-order valence-electron chi connectivity index (χ2n) is 1.08. The molecule has 0 aliphatic rings. The third-order valence-corrected chi connectivity index (χ3v) is 0.512. The van der Waals surface area contributed by atoms with Gasteiger partial charge in [-0.05, 0) is 6.42 Å². The number of unbranched alkanes of at least 4 members (excludes halogenated alkanes) is 1. The van der Waals surface area contributed by atoms with Crippen molar-refractivity contribution in [2.45, 2.75) is 19.8 Å². The maximum atomic E-state index is 8.07. The third-order valence-electron chi connectivity index (χ3n) is 0.512. The van der Waals surface area contributed by atoms with Crippen LogP contribution in [0.5, 0.6) is 0 Å². The summed E-state index contributed by atoms with van der Waals surface area (Å²) in [4.78, 5) is 0. The molecule has 0 fully saturated rings. The van der Waals surface area contributed by atoms with Crippen molar-refractivity contribution in [3.8, 4) is 0 Å². The van der Waals surface area contributed by atoms with E-state index in [2.05, 4.69) is 6.92 Å². The van der Waals surface area contributed by atoms with Crippen LogP contribution in [0.25, 0.3) is 0 Å². The van der Waals surface area contributed by atoms with E-state index in [4.69, 9.17) is 5.11 Å². The van der Waals surface area contributed by atoms with Crippen molar-refractivity contribution in [1.29, 1.82) is 0 Å². The third kappa shape index (κ3) is 24.0. The van der Waals surface area contributed by atoms with Gasteiger partial charge >= 0.3 is 59.1 Å². The molecule has 0 aromatic rings. The second kappa shape index (κ2) is 22.8. The summed E-state index contributed by atoms with van der Waals surface area (Å²) in [5.74, 6) is 0. The Hall–Kier alpha value is 2.25. The fourth-order valence-corrected chi connectivity index (χ4v) is 0.158. The van der Waals surface area contributed by atoms with Crippen LogP contribution in [-0.4, -0.2) is 70.8 Å². The molecule has 0 heterocycles. The van der Waals surface area contributed by atoms with E-state index in [1.54, 1.807) is 0 Å². The molecule has 8 heavy (non-hydrogen) atoms. The second-order valence-corrected chi connectivity index (χ2v) is 1.08. The van der Waals surface area contributed by atoms with Crippen LogP contribution in [0.3, 0.4) is 0 Å². The molecule has 0 unspecified atom stereocenters. The maximum absolute atomic E-state index is 8.07. The normalized spacial score (nSPS) is 5.25. The van der Waals surface area contributed by atoms with Gasteiger partial charge in [0.2, 0.25) is 0 Å². The van der Waals surface area contributed by atoms with E-state index in [1.807, 2.05) is 0 Å². The topological polar surface area (TPSA) is 20.2 Å². The van der Waals surface area contributed by atoms with E-state index < -0.39 is 0 Å². The van der Waals surface area contributed by atoms with E-state index in [0.29, 0.717) is 6.61 Å². The molecule has 0 saturated heterocycles. The Balaban J connectivity index is -0.0000000267. The molecule has 0 saturated carbocycles. The monoisotopic (exact) mass is 158 g/mol. The van der Waals surface area contributed by atoms with Gasteiger partial charge in [-0.3, -0.25) is 0 Å². The average molecular weight is 159 g/mol. The molecule has 4 heteroatoms. The Labute approximate surface area is 102 Å². The first-order valence-corrected chi connectivity index (χ1v) is 2.02. The Morgan fingerprint density at radius 3 is 1.62 bits per heavy atom. The van der Waals surface area contributed by atoms with E-state index in [1.165, 1.54) is 0 Å². The molecular weight excluding hydrogens is 145 g/mol. The molecule has 0 amide bonds. The van der Waals surface area contributed by atoms with Crippen molar-refractivity contribution in [2.75, 3.05) is 6.61 Å². The number of hydrogen-bond donors (Lipinski definition) is 1. The molecule has 44 valence electrons. The zero-order valence-corrected chi connectivity index (χ0v) is 4.79. The van der Waals surface area contributed by atoms with Crippen molar-refractivity contribution in [3.63, 3.8) is 0 Å².